The number of carbonyl (C=O) groups excluding carboxylic acids is 1. The van der Waals surface area contributed by atoms with Gasteiger partial charge in [0, 0.05) is 29.6 Å². The van der Waals surface area contributed by atoms with E-state index in [4.69, 9.17) is 0 Å². The molecule has 0 saturated carbocycles. The van der Waals surface area contributed by atoms with Gasteiger partial charge in [-0.25, -0.2) is 5.10 Å². The predicted octanol–water partition coefficient (Wildman–Crippen LogP) is 2.89. The van der Waals surface area contributed by atoms with Crippen LogP contribution in [0.4, 0.5) is 5.69 Å². The number of aliphatic hydroxyl groups is 1. The lowest BCUT2D eigenvalue weighted by atomic mass is 9.85. The van der Waals surface area contributed by atoms with Crippen molar-refractivity contribution in [2.45, 2.75) is 25.4 Å². The first-order valence-electron chi connectivity index (χ1n) is 9.80. The summed E-state index contributed by atoms with van der Waals surface area (Å²) >= 11 is 0. The van der Waals surface area contributed by atoms with Crippen LogP contribution in [-0.4, -0.2) is 31.8 Å². The van der Waals surface area contributed by atoms with Crippen LogP contribution in [0.5, 0.6) is 0 Å². The van der Waals surface area contributed by atoms with Crippen LogP contribution in [0.2, 0.25) is 0 Å². The van der Waals surface area contributed by atoms with Gasteiger partial charge in [-0.05, 0) is 37.1 Å². The summed E-state index contributed by atoms with van der Waals surface area (Å²) in [6, 6.07) is 9.20. The van der Waals surface area contributed by atoms with Gasteiger partial charge in [0.25, 0.3) is 11.5 Å². The van der Waals surface area contributed by atoms with E-state index >= 15 is 0 Å². The number of anilines is 1. The Morgan fingerprint density at radius 3 is 2.81 bits per heavy atom. The van der Waals surface area contributed by atoms with Gasteiger partial charge in [-0.3, -0.25) is 19.5 Å². The van der Waals surface area contributed by atoms with Crippen LogP contribution in [0, 0.1) is 5.92 Å². The number of fused-ring (bicyclic) bond motifs is 2. The lowest BCUT2D eigenvalue weighted by Crippen LogP contribution is -2.40. The van der Waals surface area contributed by atoms with Gasteiger partial charge in [-0.15, -0.1) is 12.4 Å². The number of nitrogens with one attached hydrogen (secondary N) is 1. The highest BCUT2D eigenvalue weighted by atomic mass is 35.5. The first-order valence-corrected chi connectivity index (χ1v) is 9.80. The molecular weight excluding hydrogens is 416 g/mol. The van der Waals surface area contributed by atoms with Crippen LogP contribution in [0.1, 0.15) is 24.6 Å². The molecule has 1 aromatic carbocycles. The van der Waals surface area contributed by atoms with Crippen molar-refractivity contribution in [3.05, 3.63) is 88.3 Å². The number of carbonyl (C=O) groups is 1. The van der Waals surface area contributed by atoms with Gasteiger partial charge in [-0.1, -0.05) is 30.4 Å². The molecule has 0 spiro atoms. The Kier molecular flexibility index (Phi) is 5.24. The zero-order chi connectivity index (χ0) is 20.9. The van der Waals surface area contributed by atoms with Gasteiger partial charge in [0.05, 0.1) is 23.0 Å². The SMILES string of the molecule is C[C@]1(O)C(=O)N(c2cncc(Cc3n[nH]c(=O)c4ccccc34)c2)C2=CC=CCC21.Cl. The first-order chi connectivity index (χ1) is 14.5. The summed E-state index contributed by atoms with van der Waals surface area (Å²) in [5, 5.41) is 18.9. The fraction of sp³-hybridized carbons (Fsp3) is 0.217. The summed E-state index contributed by atoms with van der Waals surface area (Å²) in [6.45, 7) is 1.57. The Hall–Kier alpha value is -3.29. The summed E-state index contributed by atoms with van der Waals surface area (Å²) in [7, 11) is 0. The van der Waals surface area contributed by atoms with E-state index in [1.165, 1.54) is 0 Å². The van der Waals surface area contributed by atoms with E-state index in [1.807, 2.05) is 42.5 Å². The smallest absolute Gasteiger partial charge is 0.272 e. The van der Waals surface area contributed by atoms with E-state index in [0.29, 0.717) is 23.9 Å². The van der Waals surface area contributed by atoms with E-state index < -0.39 is 5.60 Å². The van der Waals surface area contributed by atoms with Crippen LogP contribution in [-0.2, 0) is 11.2 Å². The maximum absolute atomic E-state index is 13.0. The van der Waals surface area contributed by atoms with Crippen molar-refractivity contribution in [3.8, 4) is 0 Å². The topological polar surface area (TPSA) is 99.2 Å². The zero-order valence-electron chi connectivity index (χ0n) is 16.8. The van der Waals surface area contributed by atoms with Crippen molar-refractivity contribution < 1.29 is 9.90 Å². The van der Waals surface area contributed by atoms with Crippen molar-refractivity contribution >= 4 is 34.8 Å². The van der Waals surface area contributed by atoms with Crippen molar-refractivity contribution in [3.63, 3.8) is 0 Å². The molecule has 2 atom stereocenters. The van der Waals surface area contributed by atoms with Crippen LogP contribution in [0.25, 0.3) is 10.8 Å². The van der Waals surface area contributed by atoms with Crippen molar-refractivity contribution in [1.29, 1.82) is 0 Å². The molecule has 0 bridgehead atoms. The molecule has 158 valence electrons. The van der Waals surface area contributed by atoms with Gasteiger partial charge in [-0.2, -0.15) is 5.10 Å². The number of rotatable bonds is 3. The molecule has 1 fully saturated rings. The minimum absolute atomic E-state index is 0. The number of aromatic nitrogens is 3. The normalized spacial score (nSPS) is 22.3. The quantitative estimate of drug-likeness (QED) is 0.657. The standard InChI is InChI=1S/C23H20N4O3.ClH/c1-23(30)18-8-4-5-9-20(18)27(22(23)29)15-10-14(12-24-13-15)11-19-16-6-2-3-7-17(16)21(28)26-25-19;/h2-7,9-10,12-13,18,30H,8,11H2,1H3,(H,26,28);1H/t18?,23-;/m1./s1. The molecule has 2 aliphatic rings. The second-order valence-corrected chi connectivity index (χ2v) is 7.87. The minimum Gasteiger partial charge on any atom is -0.380 e. The fourth-order valence-electron chi connectivity index (χ4n) is 4.32. The van der Waals surface area contributed by atoms with E-state index in [-0.39, 0.29) is 29.8 Å². The van der Waals surface area contributed by atoms with Gasteiger partial charge < -0.3 is 5.11 Å². The van der Waals surface area contributed by atoms with Gasteiger partial charge in [0.15, 0.2) is 0 Å². The summed E-state index contributed by atoms with van der Waals surface area (Å²) in [4.78, 5) is 30.9. The minimum atomic E-state index is -1.46. The Labute approximate surface area is 184 Å². The molecule has 2 aromatic heterocycles. The number of pyridine rings is 1. The summed E-state index contributed by atoms with van der Waals surface area (Å²) < 4.78 is 0. The lowest BCUT2D eigenvalue weighted by Gasteiger charge is -2.22. The van der Waals surface area contributed by atoms with Gasteiger partial charge in [0.1, 0.15) is 5.60 Å². The molecular formula is C23H21ClN4O3. The number of hydrogen-bond acceptors (Lipinski definition) is 5. The van der Waals surface area contributed by atoms with Crippen LogP contribution in [0.15, 0.2) is 71.4 Å². The first kappa shape index (κ1) is 21.0. The highest BCUT2D eigenvalue weighted by Gasteiger charge is 2.53. The average molecular weight is 437 g/mol. The summed E-state index contributed by atoms with van der Waals surface area (Å²) in [5.41, 5.74) is 1.27. The van der Waals surface area contributed by atoms with Crippen LogP contribution in [0.3, 0.4) is 0 Å². The fourth-order valence-corrected chi connectivity index (χ4v) is 4.32. The van der Waals surface area contributed by atoms with Crippen LogP contribution >= 0.6 is 12.4 Å². The third-order valence-electron chi connectivity index (χ3n) is 5.89. The third kappa shape index (κ3) is 3.36. The van der Waals surface area contributed by atoms with E-state index in [1.54, 1.807) is 30.3 Å². The molecule has 8 heteroatoms. The van der Waals surface area contributed by atoms with E-state index in [9.17, 15) is 14.7 Å². The maximum Gasteiger partial charge on any atom is 0.272 e. The molecule has 1 aliphatic heterocycles. The number of aromatic amines is 1. The molecule has 2 N–H and O–H groups in total. The predicted molar refractivity (Wildman–Crippen MR) is 120 cm³/mol. The van der Waals surface area contributed by atoms with E-state index in [2.05, 4.69) is 15.2 Å². The molecule has 3 heterocycles. The molecule has 1 amide bonds. The Morgan fingerprint density at radius 1 is 1.23 bits per heavy atom. The molecule has 1 saturated heterocycles. The number of halogens is 1. The number of nitrogens with zero attached hydrogens (tertiary/aromatic N) is 3. The Morgan fingerprint density at radius 2 is 2.00 bits per heavy atom. The number of hydrogen-bond donors (Lipinski definition) is 2. The maximum atomic E-state index is 13.0. The lowest BCUT2D eigenvalue weighted by molar-refractivity contribution is -0.134. The molecule has 31 heavy (non-hydrogen) atoms. The Balaban J connectivity index is 0.00000231. The number of benzene rings is 1. The van der Waals surface area contributed by atoms with Crippen LogP contribution < -0.4 is 10.5 Å². The number of allylic oxidation sites excluding steroid dienone is 3. The molecule has 3 aromatic rings. The van der Waals surface area contributed by atoms with Gasteiger partial charge in [0.2, 0.25) is 0 Å². The summed E-state index contributed by atoms with van der Waals surface area (Å²) in [5.74, 6) is -0.627. The van der Waals surface area contributed by atoms with Crippen molar-refractivity contribution in [2.24, 2.45) is 5.92 Å². The number of H-pyrrole nitrogens is 1. The average Bonchev–Trinajstić information content (AvgIpc) is 2.96. The third-order valence-corrected chi connectivity index (χ3v) is 5.89. The highest BCUT2D eigenvalue weighted by molar-refractivity contribution is 6.06. The van der Waals surface area contributed by atoms with Crippen molar-refractivity contribution in [1.82, 2.24) is 15.2 Å². The number of amides is 1. The highest BCUT2D eigenvalue weighted by Crippen LogP contribution is 2.43. The second-order valence-electron chi connectivity index (χ2n) is 7.87. The Bertz CT molecular complexity index is 1300. The zero-order valence-corrected chi connectivity index (χ0v) is 17.6. The molecule has 7 nitrogen and oxygen atoms in total. The molecule has 1 unspecified atom stereocenters. The molecule has 0 radical (unpaired) electrons. The largest absolute Gasteiger partial charge is 0.380 e. The van der Waals surface area contributed by atoms with E-state index in [0.717, 1.165) is 22.3 Å². The second kappa shape index (κ2) is 7.76. The van der Waals surface area contributed by atoms with Gasteiger partial charge >= 0.3 is 0 Å². The monoisotopic (exact) mass is 436 g/mol. The summed E-state index contributed by atoms with van der Waals surface area (Å²) in [6.07, 6.45) is 10.1. The molecule has 5 rings (SSSR count). The molecule has 1 aliphatic carbocycles. The van der Waals surface area contributed by atoms with Crippen molar-refractivity contribution in [2.75, 3.05) is 4.90 Å².